The lowest BCUT2D eigenvalue weighted by Crippen LogP contribution is -2.04. The van der Waals surface area contributed by atoms with Crippen LogP contribution in [-0.2, 0) is 6.61 Å². The van der Waals surface area contributed by atoms with Crippen LogP contribution in [0.15, 0.2) is 47.6 Å². The number of para-hydroxylation sites is 1. The number of hydrogen-bond acceptors (Lipinski definition) is 3. The lowest BCUT2D eigenvalue weighted by molar-refractivity contribution is 0.301. The van der Waals surface area contributed by atoms with Gasteiger partial charge in [0.2, 0.25) is 0 Å². The van der Waals surface area contributed by atoms with Crippen LogP contribution in [0.3, 0.4) is 0 Å². The standard InChI is InChI=1S/C16H16FNO2/c1-11-4-3-5-15(12(2)18-19)16(11)20-10-13-6-8-14(17)9-7-13/h3-9,19H,10H2,1-2H3/b18-12+. The van der Waals surface area contributed by atoms with Crippen LogP contribution in [0.1, 0.15) is 23.6 Å². The molecular weight excluding hydrogens is 257 g/mol. The normalized spacial score (nSPS) is 11.4. The van der Waals surface area contributed by atoms with Crippen molar-refractivity contribution in [2.24, 2.45) is 5.16 Å². The molecule has 0 bridgehead atoms. The van der Waals surface area contributed by atoms with E-state index in [0.29, 0.717) is 18.1 Å². The van der Waals surface area contributed by atoms with Gasteiger partial charge in [0, 0.05) is 5.56 Å². The predicted molar refractivity (Wildman–Crippen MR) is 75.9 cm³/mol. The summed E-state index contributed by atoms with van der Waals surface area (Å²) in [6.45, 7) is 3.96. The van der Waals surface area contributed by atoms with Crippen LogP contribution in [0.2, 0.25) is 0 Å². The fourth-order valence-corrected chi connectivity index (χ4v) is 1.92. The van der Waals surface area contributed by atoms with Gasteiger partial charge in [-0.1, -0.05) is 29.4 Å². The first-order chi connectivity index (χ1) is 9.61. The highest BCUT2D eigenvalue weighted by molar-refractivity contribution is 6.01. The number of oxime groups is 1. The minimum atomic E-state index is -0.270. The van der Waals surface area contributed by atoms with Crippen molar-refractivity contribution in [1.82, 2.24) is 0 Å². The molecule has 0 aliphatic carbocycles. The first kappa shape index (κ1) is 14.1. The summed E-state index contributed by atoms with van der Waals surface area (Å²) < 4.78 is 18.6. The number of halogens is 1. The van der Waals surface area contributed by atoms with Crippen molar-refractivity contribution >= 4 is 5.71 Å². The monoisotopic (exact) mass is 273 g/mol. The Kier molecular flexibility index (Phi) is 4.35. The molecule has 0 aliphatic rings. The first-order valence-corrected chi connectivity index (χ1v) is 6.27. The average Bonchev–Trinajstić information content (AvgIpc) is 2.46. The third-order valence-electron chi connectivity index (χ3n) is 3.05. The van der Waals surface area contributed by atoms with Crippen LogP contribution in [0.25, 0.3) is 0 Å². The zero-order valence-electron chi connectivity index (χ0n) is 11.4. The largest absolute Gasteiger partial charge is 0.488 e. The molecule has 0 amide bonds. The van der Waals surface area contributed by atoms with E-state index in [4.69, 9.17) is 9.94 Å². The van der Waals surface area contributed by atoms with E-state index in [-0.39, 0.29) is 5.82 Å². The summed E-state index contributed by atoms with van der Waals surface area (Å²) >= 11 is 0. The van der Waals surface area contributed by atoms with E-state index < -0.39 is 0 Å². The van der Waals surface area contributed by atoms with Crippen LogP contribution in [0.4, 0.5) is 4.39 Å². The number of ether oxygens (including phenoxy) is 1. The summed E-state index contributed by atoms with van der Waals surface area (Å²) in [5.41, 5.74) is 3.06. The minimum Gasteiger partial charge on any atom is -0.488 e. The van der Waals surface area contributed by atoms with Gasteiger partial charge >= 0.3 is 0 Å². The smallest absolute Gasteiger partial charge is 0.131 e. The Labute approximate surface area is 117 Å². The fourth-order valence-electron chi connectivity index (χ4n) is 1.92. The summed E-state index contributed by atoms with van der Waals surface area (Å²) in [5.74, 6) is 0.403. The third-order valence-corrected chi connectivity index (χ3v) is 3.05. The Morgan fingerprint density at radius 1 is 1.20 bits per heavy atom. The van der Waals surface area contributed by atoms with Gasteiger partial charge in [0.1, 0.15) is 18.2 Å². The molecule has 0 spiro atoms. The van der Waals surface area contributed by atoms with E-state index in [0.717, 1.165) is 16.7 Å². The molecule has 0 atom stereocenters. The van der Waals surface area contributed by atoms with Crippen LogP contribution >= 0.6 is 0 Å². The predicted octanol–water partition coefficient (Wildman–Crippen LogP) is 3.91. The summed E-state index contributed by atoms with van der Waals surface area (Å²) in [5, 5.41) is 12.1. The zero-order chi connectivity index (χ0) is 14.5. The van der Waals surface area contributed by atoms with E-state index in [9.17, 15) is 4.39 Å². The number of aryl methyl sites for hydroxylation is 1. The molecule has 0 heterocycles. The Hall–Kier alpha value is -2.36. The number of hydrogen-bond donors (Lipinski definition) is 1. The molecule has 0 saturated heterocycles. The Morgan fingerprint density at radius 3 is 2.55 bits per heavy atom. The van der Waals surface area contributed by atoms with Gasteiger partial charge in [-0.15, -0.1) is 0 Å². The molecular formula is C16H16FNO2. The summed E-state index contributed by atoms with van der Waals surface area (Å²) in [4.78, 5) is 0. The topological polar surface area (TPSA) is 41.8 Å². The summed E-state index contributed by atoms with van der Waals surface area (Å²) in [6.07, 6.45) is 0. The Bertz CT molecular complexity index is 621. The quantitative estimate of drug-likeness (QED) is 0.521. The van der Waals surface area contributed by atoms with Gasteiger partial charge in [-0.05, 0) is 43.2 Å². The van der Waals surface area contributed by atoms with E-state index in [2.05, 4.69) is 5.16 Å². The van der Waals surface area contributed by atoms with Gasteiger partial charge in [0.15, 0.2) is 0 Å². The molecule has 2 rings (SSSR count). The average molecular weight is 273 g/mol. The molecule has 0 unspecified atom stereocenters. The van der Waals surface area contributed by atoms with Crippen molar-refractivity contribution < 1.29 is 14.3 Å². The van der Waals surface area contributed by atoms with E-state index in [1.165, 1.54) is 12.1 Å². The van der Waals surface area contributed by atoms with Gasteiger partial charge in [0.05, 0.1) is 5.71 Å². The number of benzene rings is 2. The molecule has 1 N–H and O–H groups in total. The number of rotatable bonds is 4. The van der Waals surface area contributed by atoms with Crippen molar-refractivity contribution in [1.29, 1.82) is 0 Å². The fraction of sp³-hybridized carbons (Fsp3) is 0.188. The molecule has 0 fully saturated rings. The van der Waals surface area contributed by atoms with Crippen molar-refractivity contribution in [2.75, 3.05) is 0 Å². The van der Waals surface area contributed by atoms with Crippen LogP contribution in [0, 0.1) is 12.7 Å². The third kappa shape index (κ3) is 3.15. The molecule has 2 aromatic carbocycles. The Balaban J connectivity index is 2.22. The van der Waals surface area contributed by atoms with Gasteiger partial charge in [-0.2, -0.15) is 0 Å². The zero-order valence-corrected chi connectivity index (χ0v) is 11.4. The maximum atomic E-state index is 12.8. The minimum absolute atomic E-state index is 0.270. The molecule has 0 aliphatic heterocycles. The maximum absolute atomic E-state index is 12.8. The van der Waals surface area contributed by atoms with Crippen LogP contribution < -0.4 is 4.74 Å². The molecule has 0 saturated carbocycles. The summed E-state index contributed by atoms with van der Waals surface area (Å²) in [6, 6.07) is 11.8. The molecule has 2 aromatic rings. The van der Waals surface area contributed by atoms with Gasteiger partial charge in [0.25, 0.3) is 0 Å². The van der Waals surface area contributed by atoms with E-state index in [1.54, 1.807) is 19.1 Å². The van der Waals surface area contributed by atoms with Gasteiger partial charge in [-0.25, -0.2) is 4.39 Å². The highest BCUT2D eigenvalue weighted by Crippen LogP contribution is 2.25. The van der Waals surface area contributed by atoms with Gasteiger partial charge in [-0.3, -0.25) is 0 Å². The van der Waals surface area contributed by atoms with E-state index in [1.807, 2.05) is 25.1 Å². The second-order valence-electron chi connectivity index (χ2n) is 4.55. The number of nitrogens with zero attached hydrogens (tertiary/aromatic N) is 1. The summed E-state index contributed by atoms with van der Waals surface area (Å²) in [7, 11) is 0. The molecule has 0 aromatic heterocycles. The SMILES string of the molecule is C/C(=N\O)c1cccc(C)c1OCc1ccc(F)cc1. The molecule has 3 nitrogen and oxygen atoms in total. The maximum Gasteiger partial charge on any atom is 0.131 e. The lowest BCUT2D eigenvalue weighted by atomic mass is 10.1. The highest BCUT2D eigenvalue weighted by atomic mass is 19.1. The van der Waals surface area contributed by atoms with Crippen LogP contribution in [-0.4, -0.2) is 10.9 Å². The van der Waals surface area contributed by atoms with Crippen molar-refractivity contribution in [2.45, 2.75) is 20.5 Å². The van der Waals surface area contributed by atoms with Crippen molar-refractivity contribution in [3.05, 3.63) is 65.0 Å². The molecule has 104 valence electrons. The highest BCUT2D eigenvalue weighted by Gasteiger charge is 2.10. The first-order valence-electron chi connectivity index (χ1n) is 6.27. The second kappa shape index (κ2) is 6.19. The lowest BCUT2D eigenvalue weighted by Gasteiger charge is -2.13. The van der Waals surface area contributed by atoms with Crippen molar-refractivity contribution in [3.8, 4) is 5.75 Å². The van der Waals surface area contributed by atoms with E-state index >= 15 is 0 Å². The second-order valence-corrected chi connectivity index (χ2v) is 4.55. The molecule has 20 heavy (non-hydrogen) atoms. The Morgan fingerprint density at radius 2 is 1.90 bits per heavy atom. The van der Waals surface area contributed by atoms with Gasteiger partial charge < -0.3 is 9.94 Å². The van der Waals surface area contributed by atoms with Crippen LogP contribution in [0.5, 0.6) is 5.75 Å². The molecule has 0 radical (unpaired) electrons. The molecule has 4 heteroatoms. The van der Waals surface area contributed by atoms with Crippen molar-refractivity contribution in [3.63, 3.8) is 0 Å².